The van der Waals surface area contributed by atoms with Crippen molar-refractivity contribution in [1.82, 2.24) is 9.78 Å². The molecule has 0 aliphatic carbocycles. The van der Waals surface area contributed by atoms with Crippen LogP contribution in [0.25, 0.3) is 0 Å². The zero-order valence-electron chi connectivity index (χ0n) is 11.8. The van der Waals surface area contributed by atoms with E-state index in [2.05, 4.69) is 21.7 Å². The maximum atomic E-state index is 12.3. The summed E-state index contributed by atoms with van der Waals surface area (Å²) in [6.07, 6.45) is 1.62. The molecule has 1 heterocycles. The molecule has 0 radical (unpaired) electrons. The van der Waals surface area contributed by atoms with Gasteiger partial charge in [-0.05, 0) is 31.2 Å². The Kier molecular flexibility index (Phi) is 4.31. The average molecular weight is 304 g/mol. The number of nitrogens with two attached hydrogens (primary N) is 1. The van der Waals surface area contributed by atoms with E-state index in [0.717, 1.165) is 5.56 Å². The van der Waals surface area contributed by atoms with Crippen LogP contribution in [0.15, 0.2) is 35.4 Å². The molecule has 2 rings (SSSR count). The van der Waals surface area contributed by atoms with Crippen molar-refractivity contribution >= 4 is 15.7 Å². The lowest BCUT2D eigenvalue weighted by Gasteiger charge is -2.06. The monoisotopic (exact) mass is 304 g/mol. The Morgan fingerprint density at radius 3 is 2.52 bits per heavy atom. The second-order valence-corrected chi connectivity index (χ2v) is 6.12. The van der Waals surface area contributed by atoms with Gasteiger partial charge in [-0.15, -0.1) is 0 Å². The fourth-order valence-corrected chi connectivity index (χ4v) is 2.88. The number of nitrogens with zero attached hydrogens (tertiary/aromatic N) is 2. The van der Waals surface area contributed by atoms with Gasteiger partial charge in [-0.2, -0.15) is 5.10 Å². The van der Waals surface area contributed by atoms with Crippen LogP contribution < -0.4 is 10.5 Å². The SMILES string of the molecule is Cc1nn(C)cc1NS(=O)(=O)c1ccc(C#CCN)cc1. The van der Waals surface area contributed by atoms with E-state index >= 15 is 0 Å². The van der Waals surface area contributed by atoms with E-state index in [1.807, 2.05) is 0 Å². The van der Waals surface area contributed by atoms with E-state index in [-0.39, 0.29) is 11.4 Å². The summed E-state index contributed by atoms with van der Waals surface area (Å²) in [6.45, 7) is 2.01. The minimum Gasteiger partial charge on any atom is -0.320 e. The molecule has 0 amide bonds. The van der Waals surface area contributed by atoms with E-state index in [1.165, 1.54) is 12.1 Å². The zero-order chi connectivity index (χ0) is 15.5. The molecule has 21 heavy (non-hydrogen) atoms. The van der Waals surface area contributed by atoms with Gasteiger partial charge in [-0.3, -0.25) is 9.40 Å². The fraction of sp³-hybridized carbons (Fsp3) is 0.214. The molecule has 3 N–H and O–H groups in total. The number of aryl methyl sites for hydroxylation is 2. The molecule has 0 atom stereocenters. The van der Waals surface area contributed by atoms with Crippen LogP contribution in [-0.2, 0) is 17.1 Å². The minimum atomic E-state index is -3.64. The molecule has 7 heteroatoms. The van der Waals surface area contributed by atoms with Crippen molar-refractivity contribution in [2.45, 2.75) is 11.8 Å². The van der Waals surface area contributed by atoms with Crippen LogP contribution in [0, 0.1) is 18.8 Å². The predicted molar refractivity (Wildman–Crippen MR) is 81.1 cm³/mol. The second kappa shape index (κ2) is 5.99. The van der Waals surface area contributed by atoms with Gasteiger partial charge in [0.05, 0.1) is 22.8 Å². The largest absolute Gasteiger partial charge is 0.320 e. The molecular weight excluding hydrogens is 288 g/mol. The third kappa shape index (κ3) is 3.62. The van der Waals surface area contributed by atoms with Crippen molar-refractivity contribution in [2.24, 2.45) is 12.8 Å². The Labute approximate surface area is 124 Å². The van der Waals surface area contributed by atoms with E-state index in [9.17, 15) is 8.42 Å². The van der Waals surface area contributed by atoms with Crippen LogP contribution in [0.5, 0.6) is 0 Å². The first-order valence-electron chi connectivity index (χ1n) is 6.24. The highest BCUT2D eigenvalue weighted by atomic mass is 32.2. The summed E-state index contributed by atoms with van der Waals surface area (Å²) in [5, 5.41) is 4.10. The van der Waals surface area contributed by atoms with E-state index in [0.29, 0.717) is 11.4 Å². The molecule has 110 valence electrons. The van der Waals surface area contributed by atoms with Gasteiger partial charge in [0.15, 0.2) is 0 Å². The molecule has 0 spiro atoms. The molecule has 0 unspecified atom stereocenters. The Morgan fingerprint density at radius 1 is 1.33 bits per heavy atom. The van der Waals surface area contributed by atoms with Crippen LogP contribution in [0.3, 0.4) is 0 Å². The second-order valence-electron chi connectivity index (χ2n) is 4.44. The highest BCUT2D eigenvalue weighted by Crippen LogP contribution is 2.18. The summed E-state index contributed by atoms with van der Waals surface area (Å²) < 4.78 is 28.6. The third-order valence-electron chi connectivity index (χ3n) is 2.76. The summed E-state index contributed by atoms with van der Waals surface area (Å²) in [7, 11) is -1.90. The average Bonchev–Trinajstić information content (AvgIpc) is 2.74. The summed E-state index contributed by atoms with van der Waals surface area (Å²) in [5.41, 5.74) is 7.09. The van der Waals surface area contributed by atoms with Gasteiger partial charge in [-0.1, -0.05) is 11.8 Å². The van der Waals surface area contributed by atoms with Crippen molar-refractivity contribution in [1.29, 1.82) is 0 Å². The standard InChI is InChI=1S/C14H16N4O2S/c1-11-14(10-18(2)16-11)17-21(19,20)13-7-5-12(6-8-13)4-3-9-15/h5-8,10,17H,9,15H2,1-2H3. The molecule has 0 aliphatic rings. The summed E-state index contributed by atoms with van der Waals surface area (Å²) >= 11 is 0. The summed E-state index contributed by atoms with van der Waals surface area (Å²) in [6, 6.07) is 6.31. The molecule has 1 aromatic carbocycles. The number of sulfonamides is 1. The van der Waals surface area contributed by atoms with Crippen molar-refractivity contribution in [3.63, 3.8) is 0 Å². The van der Waals surface area contributed by atoms with Crippen LogP contribution in [0.2, 0.25) is 0 Å². The normalized spacial score (nSPS) is 10.8. The Balaban J connectivity index is 2.25. The fourth-order valence-electron chi connectivity index (χ4n) is 1.77. The zero-order valence-corrected chi connectivity index (χ0v) is 12.6. The first-order valence-corrected chi connectivity index (χ1v) is 7.73. The molecule has 6 nitrogen and oxygen atoms in total. The smallest absolute Gasteiger partial charge is 0.262 e. The van der Waals surface area contributed by atoms with Crippen molar-refractivity contribution in [3.8, 4) is 11.8 Å². The maximum Gasteiger partial charge on any atom is 0.262 e. The molecule has 0 aliphatic heterocycles. The maximum absolute atomic E-state index is 12.3. The van der Waals surface area contributed by atoms with E-state index in [4.69, 9.17) is 5.73 Å². The lowest BCUT2D eigenvalue weighted by atomic mass is 10.2. The number of rotatable bonds is 3. The van der Waals surface area contributed by atoms with Gasteiger partial charge in [0.25, 0.3) is 10.0 Å². The number of benzene rings is 1. The molecule has 1 aromatic heterocycles. The minimum absolute atomic E-state index is 0.170. The number of nitrogens with one attached hydrogen (secondary N) is 1. The van der Waals surface area contributed by atoms with Crippen LogP contribution in [0.1, 0.15) is 11.3 Å². The first kappa shape index (κ1) is 15.1. The number of hydrogen-bond donors (Lipinski definition) is 2. The highest BCUT2D eigenvalue weighted by Gasteiger charge is 2.16. The van der Waals surface area contributed by atoms with Crippen LogP contribution in [-0.4, -0.2) is 24.7 Å². The quantitative estimate of drug-likeness (QED) is 0.822. The molecule has 0 saturated heterocycles. The third-order valence-corrected chi connectivity index (χ3v) is 4.14. The van der Waals surface area contributed by atoms with Crippen LogP contribution >= 0.6 is 0 Å². The van der Waals surface area contributed by atoms with Gasteiger partial charge in [-0.25, -0.2) is 8.42 Å². The van der Waals surface area contributed by atoms with Gasteiger partial charge in [0.2, 0.25) is 0 Å². The van der Waals surface area contributed by atoms with Gasteiger partial charge >= 0.3 is 0 Å². The lowest BCUT2D eigenvalue weighted by molar-refractivity contribution is 0.601. The van der Waals surface area contributed by atoms with Gasteiger partial charge < -0.3 is 5.73 Å². The molecular formula is C14H16N4O2S. The highest BCUT2D eigenvalue weighted by molar-refractivity contribution is 7.92. The van der Waals surface area contributed by atoms with Crippen molar-refractivity contribution in [3.05, 3.63) is 41.7 Å². The Morgan fingerprint density at radius 2 is 2.00 bits per heavy atom. The topological polar surface area (TPSA) is 90.0 Å². The van der Waals surface area contributed by atoms with Gasteiger partial charge in [0.1, 0.15) is 0 Å². The predicted octanol–water partition coefficient (Wildman–Crippen LogP) is 0.840. The summed E-state index contributed by atoms with van der Waals surface area (Å²) in [5.74, 6) is 5.56. The number of hydrogen-bond acceptors (Lipinski definition) is 4. The van der Waals surface area contributed by atoms with Crippen molar-refractivity contribution in [2.75, 3.05) is 11.3 Å². The van der Waals surface area contributed by atoms with E-state index in [1.54, 1.807) is 37.0 Å². The lowest BCUT2D eigenvalue weighted by Crippen LogP contribution is -2.13. The molecule has 0 bridgehead atoms. The van der Waals surface area contributed by atoms with Gasteiger partial charge in [0, 0.05) is 18.8 Å². The number of aromatic nitrogens is 2. The number of anilines is 1. The molecule has 2 aromatic rings. The first-order chi connectivity index (χ1) is 9.92. The molecule has 0 saturated carbocycles. The van der Waals surface area contributed by atoms with Crippen molar-refractivity contribution < 1.29 is 8.42 Å². The van der Waals surface area contributed by atoms with E-state index < -0.39 is 10.0 Å². The Hall–Kier alpha value is -2.30. The summed E-state index contributed by atoms with van der Waals surface area (Å²) in [4.78, 5) is 0.170. The van der Waals surface area contributed by atoms with Crippen LogP contribution in [0.4, 0.5) is 5.69 Å². The molecule has 0 fully saturated rings. The Bertz CT molecular complexity index is 796.